The molecule has 9 heteroatoms. The highest BCUT2D eigenvalue weighted by Gasteiger charge is 2.39. The average molecular weight is 363 g/mol. The van der Waals surface area contributed by atoms with E-state index in [4.69, 9.17) is 9.47 Å². The predicted molar refractivity (Wildman–Crippen MR) is 86.2 cm³/mol. The highest BCUT2D eigenvalue weighted by Crippen LogP contribution is 2.32. The number of hydrogen-bond acceptors (Lipinski definition) is 6. The molecule has 1 aromatic carbocycles. The molecule has 1 aliphatic heterocycles. The Bertz CT molecular complexity index is 772. The van der Waals surface area contributed by atoms with E-state index >= 15 is 0 Å². The van der Waals surface area contributed by atoms with Gasteiger partial charge in [-0.05, 0) is 18.6 Å². The molecule has 0 aliphatic carbocycles. The zero-order valence-corrected chi connectivity index (χ0v) is 15.0. The Kier molecular flexibility index (Phi) is 5.22. The fourth-order valence-corrected chi connectivity index (χ4v) is 6.37. The van der Waals surface area contributed by atoms with Crippen molar-refractivity contribution >= 4 is 19.9 Å². The molecule has 0 radical (unpaired) electrons. The molecular weight excluding hydrogens is 342 g/mol. The van der Waals surface area contributed by atoms with Crippen LogP contribution in [0.15, 0.2) is 23.1 Å². The maximum Gasteiger partial charge on any atom is 0.247 e. The van der Waals surface area contributed by atoms with Gasteiger partial charge in [-0.3, -0.25) is 0 Å². The fraction of sp³-hybridized carbons (Fsp3) is 0.571. The van der Waals surface area contributed by atoms with Crippen LogP contribution in [0.3, 0.4) is 0 Å². The zero-order valence-electron chi connectivity index (χ0n) is 13.4. The molecular formula is C14H21NO6S2. The van der Waals surface area contributed by atoms with Crippen molar-refractivity contribution in [2.75, 3.05) is 32.3 Å². The van der Waals surface area contributed by atoms with E-state index in [-0.39, 0.29) is 28.7 Å². The third kappa shape index (κ3) is 3.61. The van der Waals surface area contributed by atoms with Crippen molar-refractivity contribution < 1.29 is 26.3 Å². The highest BCUT2D eigenvalue weighted by atomic mass is 32.2. The summed E-state index contributed by atoms with van der Waals surface area (Å²) < 4.78 is 60.7. The summed E-state index contributed by atoms with van der Waals surface area (Å²) in [6, 6.07) is 3.90. The van der Waals surface area contributed by atoms with E-state index in [1.54, 1.807) is 6.92 Å². The minimum Gasteiger partial charge on any atom is -0.497 e. The number of benzene rings is 1. The van der Waals surface area contributed by atoms with Gasteiger partial charge in [0.15, 0.2) is 9.84 Å². The van der Waals surface area contributed by atoms with Crippen LogP contribution in [0.25, 0.3) is 0 Å². The molecule has 0 spiro atoms. The lowest BCUT2D eigenvalue weighted by Crippen LogP contribution is -2.41. The molecule has 130 valence electrons. The first kappa shape index (κ1) is 18.0. The van der Waals surface area contributed by atoms with Gasteiger partial charge >= 0.3 is 0 Å². The Morgan fingerprint density at radius 2 is 1.96 bits per heavy atom. The number of ether oxygens (including phenoxy) is 2. The van der Waals surface area contributed by atoms with Crippen LogP contribution in [-0.2, 0) is 19.9 Å². The zero-order chi connectivity index (χ0) is 17.3. The van der Waals surface area contributed by atoms with E-state index in [0.717, 1.165) is 0 Å². The van der Waals surface area contributed by atoms with Crippen LogP contribution in [0.1, 0.15) is 13.3 Å². The lowest BCUT2D eigenvalue weighted by molar-refractivity contribution is 0.348. The van der Waals surface area contributed by atoms with Crippen molar-refractivity contribution in [2.45, 2.75) is 24.3 Å². The normalized spacial score (nSPS) is 20.6. The second-order valence-electron chi connectivity index (χ2n) is 5.28. The summed E-state index contributed by atoms with van der Waals surface area (Å²) in [4.78, 5) is 0.00643. The molecule has 0 aromatic heterocycles. The van der Waals surface area contributed by atoms with Gasteiger partial charge in [0.1, 0.15) is 16.4 Å². The Labute approximate surface area is 137 Å². The SMILES string of the molecule is CCN([C@H]1CCS(=O)(=O)C1)S(=O)(=O)c1ccc(OC)cc1OC. The molecule has 7 nitrogen and oxygen atoms in total. The van der Waals surface area contributed by atoms with Crippen molar-refractivity contribution in [3.63, 3.8) is 0 Å². The number of nitrogens with zero attached hydrogens (tertiary/aromatic N) is 1. The summed E-state index contributed by atoms with van der Waals surface area (Å²) in [7, 11) is -4.18. The van der Waals surface area contributed by atoms with Crippen LogP contribution in [-0.4, -0.2) is 59.5 Å². The molecule has 0 amide bonds. The molecule has 1 heterocycles. The summed E-state index contributed by atoms with van der Waals surface area (Å²) >= 11 is 0. The summed E-state index contributed by atoms with van der Waals surface area (Å²) in [6.45, 7) is 1.89. The van der Waals surface area contributed by atoms with Gasteiger partial charge in [0.2, 0.25) is 10.0 Å². The van der Waals surface area contributed by atoms with Gasteiger partial charge in [-0.15, -0.1) is 0 Å². The summed E-state index contributed by atoms with van der Waals surface area (Å²) in [5.41, 5.74) is 0. The Morgan fingerprint density at radius 1 is 1.26 bits per heavy atom. The minimum atomic E-state index is -3.86. The molecule has 23 heavy (non-hydrogen) atoms. The maximum atomic E-state index is 13.0. The Morgan fingerprint density at radius 3 is 2.43 bits per heavy atom. The van der Waals surface area contributed by atoms with Crippen molar-refractivity contribution in [1.29, 1.82) is 0 Å². The van der Waals surface area contributed by atoms with Crippen LogP contribution in [0.5, 0.6) is 11.5 Å². The molecule has 0 unspecified atom stereocenters. The lowest BCUT2D eigenvalue weighted by atomic mass is 10.3. The van der Waals surface area contributed by atoms with Gasteiger partial charge in [-0.25, -0.2) is 16.8 Å². The first-order valence-corrected chi connectivity index (χ1v) is 10.5. The summed E-state index contributed by atoms with van der Waals surface area (Å²) in [5, 5.41) is 0. The quantitative estimate of drug-likeness (QED) is 0.746. The molecule has 0 saturated carbocycles. The Balaban J connectivity index is 2.44. The number of methoxy groups -OCH3 is 2. The topological polar surface area (TPSA) is 90.0 Å². The highest BCUT2D eigenvalue weighted by molar-refractivity contribution is 7.92. The van der Waals surface area contributed by atoms with Gasteiger partial charge in [-0.1, -0.05) is 6.92 Å². The first-order chi connectivity index (χ1) is 10.7. The molecule has 1 fully saturated rings. The standard InChI is InChI=1S/C14H21NO6S2/c1-4-15(11-7-8-22(16,17)10-11)23(18,19)14-6-5-12(20-2)9-13(14)21-3/h5-6,9,11H,4,7-8,10H2,1-3H3/t11-/m0/s1. The van der Waals surface area contributed by atoms with Gasteiger partial charge in [-0.2, -0.15) is 4.31 Å². The molecule has 1 aromatic rings. The van der Waals surface area contributed by atoms with Crippen LogP contribution in [0.2, 0.25) is 0 Å². The number of hydrogen-bond donors (Lipinski definition) is 0. The van der Waals surface area contributed by atoms with Gasteiger partial charge in [0.25, 0.3) is 0 Å². The van der Waals surface area contributed by atoms with Crippen molar-refractivity contribution in [1.82, 2.24) is 4.31 Å². The molecule has 1 aliphatic rings. The third-order valence-corrected chi connectivity index (χ3v) is 7.70. The van der Waals surface area contributed by atoms with E-state index in [1.165, 1.54) is 36.7 Å². The van der Waals surface area contributed by atoms with Crippen LogP contribution < -0.4 is 9.47 Å². The third-order valence-electron chi connectivity index (χ3n) is 3.88. The molecule has 1 saturated heterocycles. The van der Waals surface area contributed by atoms with E-state index in [1.807, 2.05) is 0 Å². The molecule has 1 atom stereocenters. The van der Waals surface area contributed by atoms with E-state index < -0.39 is 25.9 Å². The average Bonchev–Trinajstić information content (AvgIpc) is 2.86. The van der Waals surface area contributed by atoms with Gasteiger partial charge < -0.3 is 9.47 Å². The molecule has 0 N–H and O–H groups in total. The van der Waals surface area contributed by atoms with Crippen LogP contribution >= 0.6 is 0 Å². The molecule has 0 bridgehead atoms. The van der Waals surface area contributed by atoms with Gasteiger partial charge in [0.05, 0.1) is 25.7 Å². The second kappa shape index (κ2) is 6.66. The Hall–Kier alpha value is -1.32. The second-order valence-corrected chi connectivity index (χ2v) is 9.37. The van der Waals surface area contributed by atoms with E-state index in [9.17, 15) is 16.8 Å². The number of rotatable bonds is 6. The number of sulfonamides is 1. The maximum absolute atomic E-state index is 13.0. The summed E-state index contributed by atoms with van der Waals surface area (Å²) in [6.07, 6.45) is 0.313. The molecule has 2 rings (SSSR count). The van der Waals surface area contributed by atoms with E-state index in [2.05, 4.69) is 0 Å². The van der Waals surface area contributed by atoms with Crippen LogP contribution in [0.4, 0.5) is 0 Å². The summed E-state index contributed by atoms with van der Waals surface area (Å²) in [5.74, 6) is 0.526. The van der Waals surface area contributed by atoms with Crippen molar-refractivity contribution in [2.24, 2.45) is 0 Å². The number of sulfone groups is 1. The van der Waals surface area contributed by atoms with Crippen molar-refractivity contribution in [3.8, 4) is 11.5 Å². The van der Waals surface area contributed by atoms with Crippen molar-refractivity contribution in [3.05, 3.63) is 18.2 Å². The van der Waals surface area contributed by atoms with Gasteiger partial charge in [0, 0.05) is 18.7 Å². The predicted octanol–water partition coefficient (Wildman–Crippen LogP) is 0.901. The van der Waals surface area contributed by atoms with Crippen LogP contribution in [0, 0.1) is 0 Å². The minimum absolute atomic E-state index is 0.00643. The fourth-order valence-electron chi connectivity index (χ4n) is 2.74. The monoisotopic (exact) mass is 363 g/mol. The largest absolute Gasteiger partial charge is 0.497 e. The first-order valence-electron chi connectivity index (χ1n) is 7.19. The van der Waals surface area contributed by atoms with E-state index in [0.29, 0.717) is 12.2 Å². The lowest BCUT2D eigenvalue weighted by Gasteiger charge is -2.26. The smallest absolute Gasteiger partial charge is 0.247 e.